The van der Waals surface area contributed by atoms with Crippen molar-refractivity contribution >= 4 is 33.8 Å². The highest BCUT2D eigenvalue weighted by Gasteiger charge is 2.35. The van der Waals surface area contributed by atoms with Gasteiger partial charge in [0, 0.05) is 29.7 Å². The van der Waals surface area contributed by atoms with E-state index in [1.165, 1.54) is 28.2 Å². The summed E-state index contributed by atoms with van der Waals surface area (Å²) >= 11 is 0. The molecule has 0 unspecified atom stereocenters. The summed E-state index contributed by atoms with van der Waals surface area (Å²) < 4.78 is 42.2. The van der Waals surface area contributed by atoms with Gasteiger partial charge in [-0.2, -0.15) is 0 Å². The molecule has 6 nitrogen and oxygen atoms in total. The minimum Gasteiger partial charge on any atom is -0.382 e. The Morgan fingerprint density at radius 3 is 2.66 bits per heavy atom. The summed E-state index contributed by atoms with van der Waals surface area (Å²) in [5, 5.41) is 1.64. The molecule has 0 amide bonds. The lowest BCUT2D eigenvalue weighted by atomic mass is 10.1. The van der Waals surface area contributed by atoms with E-state index in [1.807, 2.05) is 0 Å². The molecule has 3 aromatic rings. The standard InChI is InChI=1S/C23H23F3N6/c1-23(9-10-23)8-6-14-12-15(7-11-29-14)32(13-18(25)26)22-19-16(4-3-5-17(19)24)20(31(2)28)21(27)30-22/h3-5,7,11-12,18H,9-10,13,28H2,1-2H3,(H2,27,30). The van der Waals surface area contributed by atoms with Gasteiger partial charge in [0.15, 0.2) is 5.82 Å². The zero-order valence-electron chi connectivity index (χ0n) is 17.7. The van der Waals surface area contributed by atoms with Crippen molar-refractivity contribution in [2.24, 2.45) is 11.3 Å². The number of hydrogen-bond donors (Lipinski definition) is 2. The molecule has 9 heteroatoms. The number of pyridine rings is 2. The monoisotopic (exact) mass is 440 g/mol. The lowest BCUT2D eigenvalue weighted by Crippen LogP contribution is -2.29. The second kappa shape index (κ2) is 8.20. The Balaban J connectivity index is 1.90. The first-order chi connectivity index (χ1) is 15.2. The summed E-state index contributed by atoms with van der Waals surface area (Å²) in [5.41, 5.74) is 7.20. The smallest absolute Gasteiger partial charge is 0.256 e. The number of fused-ring (bicyclic) bond motifs is 1. The first-order valence-corrected chi connectivity index (χ1v) is 10.1. The number of halogens is 3. The average molecular weight is 440 g/mol. The van der Waals surface area contributed by atoms with Gasteiger partial charge < -0.3 is 15.6 Å². The van der Waals surface area contributed by atoms with Crippen molar-refractivity contribution in [3.63, 3.8) is 0 Å². The lowest BCUT2D eigenvalue weighted by Gasteiger charge is -2.27. The number of anilines is 4. The third-order valence-electron chi connectivity index (χ3n) is 5.44. The van der Waals surface area contributed by atoms with E-state index >= 15 is 0 Å². The van der Waals surface area contributed by atoms with E-state index in [0.717, 1.165) is 12.8 Å². The second-order valence-corrected chi connectivity index (χ2v) is 8.15. The molecule has 0 atom stereocenters. The maximum atomic E-state index is 15.0. The Morgan fingerprint density at radius 1 is 1.25 bits per heavy atom. The molecule has 4 N–H and O–H groups in total. The molecule has 4 rings (SSSR count). The SMILES string of the molecule is CN(N)c1c(N)nc(N(CC(F)F)c2ccnc(C#CC3(C)CC3)c2)c2c(F)cccc12. The topological polar surface area (TPSA) is 84.3 Å². The number of aromatic nitrogens is 2. The van der Waals surface area contributed by atoms with Gasteiger partial charge in [0.2, 0.25) is 0 Å². The molecule has 2 heterocycles. The van der Waals surface area contributed by atoms with Crippen LogP contribution in [-0.4, -0.2) is 30.0 Å². The fourth-order valence-corrected chi connectivity index (χ4v) is 3.51. The molecule has 1 aliphatic rings. The van der Waals surface area contributed by atoms with Crippen LogP contribution in [0.2, 0.25) is 0 Å². The predicted octanol–water partition coefficient (Wildman–Crippen LogP) is 4.22. The summed E-state index contributed by atoms with van der Waals surface area (Å²) in [4.78, 5) is 9.75. The summed E-state index contributed by atoms with van der Waals surface area (Å²) in [7, 11) is 1.54. The summed E-state index contributed by atoms with van der Waals surface area (Å²) in [6.45, 7) is 1.34. The fourth-order valence-electron chi connectivity index (χ4n) is 3.51. The van der Waals surface area contributed by atoms with Crippen LogP contribution in [0.1, 0.15) is 25.5 Å². The first-order valence-electron chi connectivity index (χ1n) is 10.1. The van der Waals surface area contributed by atoms with Gasteiger partial charge in [-0.05, 0) is 43.9 Å². The van der Waals surface area contributed by atoms with Crippen LogP contribution in [0.3, 0.4) is 0 Å². The van der Waals surface area contributed by atoms with Crippen molar-refractivity contribution in [2.45, 2.75) is 26.2 Å². The number of nitrogens with zero attached hydrogens (tertiary/aromatic N) is 4. The quantitative estimate of drug-likeness (QED) is 0.351. The van der Waals surface area contributed by atoms with Crippen molar-refractivity contribution in [1.29, 1.82) is 0 Å². The second-order valence-electron chi connectivity index (χ2n) is 8.15. The van der Waals surface area contributed by atoms with E-state index in [9.17, 15) is 13.2 Å². The van der Waals surface area contributed by atoms with Gasteiger partial charge in [-0.25, -0.2) is 29.0 Å². The van der Waals surface area contributed by atoms with Crippen LogP contribution in [-0.2, 0) is 0 Å². The van der Waals surface area contributed by atoms with Crippen LogP contribution >= 0.6 is 0 Å². The number of hydrazine groups is 1. The lowest BCUT2D eigenvalue weighted by molar-refractivity contribution is 0.158. The van der Waals surface area contributed by atoms with Crippen molar-refractivity contribution in [1.82, 2.24) is 9.97 Å². The van der Waals surface area contributed by atoms with Gasteiger partial charge in [-0.3, -0.25) is 0 Å². The Labute approximate surface area is 184 Å². The Hall–Kier alpha value is -3.51. The molecule has 0 bridgehead atoms. The number of rotatable bonds is 5. The molecule has 166 valence electrons. The highest BCUT2D eigenvalue weighted by molar-refractivity contribution is 6.05. The molecule has 1 aliphatic carbocycles. The van der Waals surface area contributed by atoms with Gasteiger partial charge in [-0.15, -0.1) is 0 Å². The summed E-state index contributed by atoms with van der Waals surface area (Å²) in [6, 6.07) is 7.52. The van der Waals surface area contributed by atoms with E-state index < -0.39 is 18.8 Å². The number of alkyl halides is 2. The van der Waals surface area contributed by atoms with E-state index in [-0.39, 0.29) is 22.4 Å². The van der Waals surface area contributed by atoms with Gasteiger partial charge in [0.25, 0.3) is 6.43 Å². The molecule has 1 saturated carbocycles. The number of hydrogen-bond acceptors (Lipinski definition) is 6. The van der Waals surface area contributed by atoms with Crippen molar-refractivity contribution in [3.8, 4) is 11.8 Å². The Bertz CT molecular complexity index is 1230. The van der Waals surface area contributed by atoms with Crippen molar-refractivity contribution in [3.05, 3.63) is 48.0 Å². The van der Waals surface area contributed by atoms with E-state index in [2.05, 4.69) is 28.7 Å². The molecule has 0 aliphatic heterocycles. The minimum atomic E-state index is -2.72. The van der Waals surface area contributed by atoms with Crippen LogP contribution < -0.4 is 21.5 Å². The van der Waals surface area contributed by atoms with E-state index in [1.54, 1.807) is 25.2 Å². The number of benzene rings is 1. The molecule has 0 spiro atoms. The van der Waals surface area contributed by atoms with Gasteiger partial charge >= 0.3 is 0 Å². The van der Waals surface area contributed by atoms with Gasteiger partial charge in [0.1, 0.15) is 23.0 Å². The Kier molecular flexibility index (Phi) is 5.57. The highest BCUT2D eigenvalue weighted by atomic mass is 19.3. The van der Waals surface area contributed by atoms with E-state index in [4.69, 9.17) is 11.6 Å². The molecular weight excluding hydrogens is 417 g/mol. The largest absolute Gasteiger partial charge is 0.382 e. The fraction of sp³-hybridized carbons (Fsp3) is 0.304. The zero-order chi connectivity index (χ0) is 23.0. The zero-order valence-corrected chi connectivity index (χ0v) is 17.7. The molecule has 2 aromatic heterocycles. The number of nitrogens with two attached hydrogens (primary N) is 2. The average Bonchev–Trinajstić information content (AvgIpc) is 3.47. The number of nitrogen functional groups attached to an aromatic ring is 1. The molecule has 32 heavy (non-hydrogen) atoms. The van der Waals surface area contributed by atoms with Gasteiger partial charge in [-0.1, -0.05) is 18.1 Å². The normalized spacial score (nSPS) is 14.2. The maximum Gasteiger partial charge on any atom is 0.256 e. The predicted molar refractivity (Wildman–Crippen MR) is 120 cm³/mol. The molecule has 1 aromatic carbocycles. The van der Waals surface area contributed by atoms with Crippen LogP contribution in [0.4, 0.5) is 36.2 Å². The van der Waals surface area contributed by atoms with Crippen LogP contribution in [0.5, 0.6) is 0 Å². The van der Waals surface area contributed by atoms with Crippen LogP contribution in [0.15, 0.2) is 36.5 Å². The summed E-state index contributed by atoms with van der Waals surface area (Å²) in [5.74, 6) is 11.4. The van der Waals surface area contributed by atoms with Crippen molar-refractivity contribution in [2.75, 3.05) is 29.2 Å². The summed E-state index contributed by atoms with van der Waals surface area (Å²) in [6.07, 6.45) is 0.808. The van der Waals surface area contributed by atoms with Gasteiger partial charge in [0.05, 0.1) is 11.9 Å². The minimum absolute atomic E-state index is 0.00176. The van der Waals surface area contributed by atoms with Crippen LogP contribution in [0, 0.1) is 23.1 Å². The first kappa shape index (κ1) is 21.7. The molecular formula is C23H23F3N6. The molecule has 0 saturated heterocycles. The van der Waals surface area contributed by atoms with E-state index in [0.29, 0.717) is 22.5 Å². The van der Waals surface area contributed by atoms with Crippen LogP contribution in [0.25, 0.3) is 10.8 Å². The third kappa shape index (κ3) is 4.27. The van der Waals surface area contributed by atoms with Crippen molar-refractivity contribution < 1.29 is 13.2 Å². The highest BCUT2D eigenvalue weighted by Crippen LogP contribution is 2.44. The third-order valence-corrected chi connectivity index (χ3v) is 5.44. The maximum absolute atomic E-state index is 15.0. The molecule has 0 radical (unpaired) electrons. The Morgan fingerprint density at radius 2 is 2.00 bits per heavy atom. The molecule has 1 fully saturated rings.